The van der Waals surface area contributed by atoms with Crippen molar-refractivity contribution >= 4 is 11.6 Å². The molecule has 0 heterocycles. The molecule has 1 nitrogen and oxygen atoms in total. The van der Waals surface area contributed by atoms with Crippen molar-refractivity contribution in [2.24, 2.45) is 0 Å². The normalized spacial score (nSPS) is 10.8. The molecule has 1 aromatic carbocycles. The standard InChI is InChI=1S/C9H9ClFO/c1-6(5-12)8-4-7(11)2-3-9(8)10/h2-4,12H,5H2,1H3. The van der Waals surface area contributed by atoms with Gasteiger partial charge in [-0.05, 0) is 23.8 Å². The van der Waals surface area contributed by atoms with E-state index in [4.69, 9.17) is 16.7 Å². The van der Waals surface area contributed by atoms with Gasteiger partial charge in [-0.25, -0.2) is 4.39 Å². The van der Waals surface area contributed by atoms with E-state index < -0.39 is 0 Å². The van der Waals surface area contributed by atoms with E-state index in [1.54, 1.807) is 6.92 Å². The molecule has 0 fully saturated rings. The summed E-state index contributed by atoms with van der Waals surface area (Å²) in [6.45, 7) is 1.60. The third-order valence-electron chi connectivity index (χ3n) is 1.63. The average molecular weight is 188 g/mol. The fraction of sp³-hybridized carbons (Fsp3) is 0.222. The highest BCUT2D eigenvalue weighted by atomic mass is 35.5. The fourth-order valence-corrected chi connectivity index (χ4v) is 1.19. The molecule has 0 saturated heterocycles. The van der Waals surface area contributed by atoms with E-state index in [9.17, 15) is 4.39 Å². The highest BCUT2D eigenvalue weighted by Gasteiger charge is 2.09. The molecule has 0 unspecified atom stereocenters. The van der Waals surface area contributed by atoms with Gasteiger partial charge in [-0.1, -0.05) is 18.5 Å². The first-order valence-electron chi connectivity index (χ1n) is 3.54. The van der Waals surface area contributed by atoms with Crippen LogP contribution in [0.2, 0.25) is 5.02 Å². The van der Waals surface area contributed by atoms with Gasteiger partial charge in [0.15, 0.2) is 0 Å². The summed E-state index contributed by atoms with van der Waals surface area (Å²) < 4.78 is 12.7. The molecule has 0 aliphatic rings. The largest absolute Gasteiger partial charge is 0.395 e. The van der Waals surface area contributed by atoms with E-state index in [1.165, 1.54) is 18.2 Å². The Labute approximate surface area is 75.8 Å². The summed E-state index contributed by atoms with van der Waals surface area (Å²) >= 11 is 5.77. The van der Waals surface area contributed by atoms with Crippen LogP contribution in [0.1, 0.15) is 12.5 Å². The van der Waals surface area contributed by atoms with Crippen molar-refractivity contribution in [1.82, 2.24) is 0 Å². The van der Waals surface area contributed by atoms with Crippen molar-refractivity contribution in [2.45, 2.75) is 6.92 Å². The lowest BCUT2D eigenvalue weighted by Crippen LogP contribution is -2.01. The van der Waals surface area contributed by atoms with E-state index in [0.29, 0.717) is 16.5 Å². The van der Waals surface area contributed by atoms with Crippen LogP contribution in [-0.2, 0) is 0 Å². The third kappa shape index (κ3) is 1.96. The summed E-state index contributed by atoms with van der Waals surface area (Å²) in [5.74, 6) is 0.321. The zero-order valence-corrected chi connectivity index (χ0v) is 7.40. The number of aliphatic hydroxyl groups is 1. The Morgan fingerprint density at radius 3 is 2.83 bits per heavy atom. The summed E-state index contributed by atoms with van der Waals surface area (Å²) in [6.07, 6.45) is 0. The average Bonchev–Trinajstić information content (AvgIpc) is 2.08. The molecule has 1 radical (unpaired) electrons. The highest BCUT2D eigenvalue weighted by Crippen LogP contribution is 2.23. The van der Waals surface area contributed by atoms with Crippen molar-refractivity contribution in [3.63, 3.8) is 0 Å². The second-order valence-electron chi connectivity index (χ2n) is 2.56. The first-order chi connectivity index (χ1) is 5.65. The molecule has 65 valence electrons. The minimum Gasteiger partial charge on any atom is -0.395 e. The Kier molecular flexibility index (Phi) is 3.06. The quantitative estimate of drug-likeness (QED) is 0.754. The van der Waals surface area contributed by atoms with Crippen molar-refractivity contribution in [3.8, 4) is 0 Å². The molecule has 0 saturated carbocycles. The second kappa shape index (κ2) is 3.87. The molecule has 3 heteroatoms. The summed E-state index contributed by atoms with van der Waals surface area (Å²) in [4.78, 5) is 0. The molecule has 1 N–H and O–H groups in total. The molecule has 0 amide bonds. The Hall–Kier alpha value is -0.600. The van der Waals surface area contributed by atoms with Crippen molar-refractivity contribution in [3.05, 3.63) is 40.5 Å². The van der Waals surface area contributed by atoms with Crippen molar-refractivity contribution < 1.29 is 9.50 Å². The van der Waals surface area contributed by atoms with Crippen LogP contribution >= 0.6 is 11.6 Å². The van der Waals surface area contributed by atoms with E-state index in [0.717, 1.165) is 0 Å². The second-order valence-corrected chi connectivity index (χ2v) is 2.97. The zero-order chi connectivity index (χ0) is 9.14. The molecule has 0 aliphatic heterocycles. The third-order valence-corrected chi connectivity index (χ3v) is 1.95. The van der Waals surface area contributed by atoms with Gasteiger partial charge in [0.1, 0.15) is 5.82 Å². The Morgan fingerprint density at radius 1 is 1.58 bits per heavy atom. The topological polar surface area (TPSA) is 20.2 Å². The van der Waals surface area contributed by atoms with Crippen LogP contribution in [0.25, 0.3) is 0 Å². The molecule has 0 aromatic heterocycles. The highest BCUT2D eigenvalue weighted by molar-refractivity contribution is 6.31. The van der Waals surface area contributed by atoms with E-state index in [2.05, 4.69) is 0 Å². The van der Waals surface area contributed by atoms with Gasteiger partial charge in [0, 0.05) is 10.9 Å². The van der Waals surface area contributed by atoms with Crippen LogP contribution in [0, 0.1) is 11.7 Å². The van der Waals surface area contributed by atoms with Gasteiger partial charge in [-0.2, -0.15) is 0 Å². The lowest BCUT2D eigenvalue weighted by Gasteiger charge is -2.09. The first kappa shape index (κ1) is 9.49. The Bertz CT molecular complexity index is 275. The molecular formula is C9H9ClFO. The van der Waals surface area contributed by atoms with Gasteiger partial charge >= 0.3 is 0 Å². The number of hydrogen-bond acceptors (Lipinski definition) is 1. The van der Waals surface area contributed by atoms with E-state index in [1.807, 2.05) is 0 Å². The summed E-state index contributed by atoms with van der Waals surface area (Å²) in [5, 5.41) is 9.25. The van der Waals surface area contributed by atoms with Crippen LogP contribution < -0.4 is 0 Å². The molecule has 0 atom stereocenters. The molecule has 0 aliphatic carbocycles. The zero-order valence-electron chi connectivity index (χ0n) is 6.64. The monoisotopic (exact) mass is 187 g/mol. The maximum absolute atomic E-state index is 12.7. The van der Waals surface area contributed by atoms with E-state index >= 15 is 0 Å². The first-order valence-corrected chi connectivity index (χ1v) is 3.91. The fourth-order valence-electron chi connectivity index (χ4n) is 0.910. The molecule has 1 aromatic rings. The van der Waals surface area contributed by atoms with Gasteiger partial charge in [0.2, 0.25) is 0 Å². The summed E-state index contributed by atoms with van der Waals surface area (Å²) in [6, 6.07) is 4.08. The van der Waals surface area contributed by atoms with Crippen LogP contribution in [0.15, 0.2) is 18.2 Å². The van der Waals surface area contributed by atoms with Gasteiger partial charge in [0.25, 0.3) is 0 Å². The molecule has 1 rings (SSSR count). The van der Waals surface area contributed by atoms with Crippen molar-refractivity contribution in [2.75, 3.05) is 6.61 Å². The van der Waals surface area contributed by atoms with Crippen LogP contribution in [0.4, 0.5) is 4.39 Å². The SMILES string of the molecule is C[C](CO)c1cc(F)ccc1Cl. The Morgan fingerprint density at radius 2 is 2.25 bits per heavy atom. The smallest absolute Gasteiger partial charge is 0.123 e. The maximum Gasteiger partial charge on any atom is 0.123 e. The minimum atomic E-state index is -0.345. The van der Waals surface area contributed by atoms with Crippen LogP contribution in [-0.4, -0.2) is 11.7 Å². The predicted octanol–water partition coefficient (Wildman–Crippen LogP) is 2.41. The number of halogens is 2. The number of benzene rings is 1. The van der Waals surface area contributed by atoms with Gasteiger partial charge in [-0.15, -0.1) is 0 Å². The lowest BCUT2D eigenvalue weighted by molar-refractivity contribution is 0.315. The maximum atomic E-state index is 12.7. The molecule has 12 heavy (non-hydrogen) atoms. The van der Waals surface area contributed by atoms with Crippen LogP contribution in [0.3, 0.4) is 0 Å². The van der Waals surface area contributed by atoms with Gasteiger partial charge < -0.3 is 5.11 Å². The van der Waals surface area contributed by atoms with Crippen LogP contribution in [0.5, 0.6) is 0 Å². The summed E-state index contributed by atoms with van der Waals surface area (Å²) in [7, 11) is 0. The molecular weight excluding hydrogens is 179 g/mol. The number of hydrogen-bond donors (Lipinski definition) is 1. The number of rotatable bonds is 2. The lowest BCUT2D eigenvalue weighted by atomic mass is 10.0. The van der Waals surface area contributed by atoms with Gasteiger partial charge in [0.05, 0.1) is 6.61 Å². The van der Waals surface area contributed by atoms with Crippen molar-refractivity contribution in [1.29, 1.82) is 0 Å². The summed E-state index contributed by atoms with van der Waals surface area (Å²) in [5.41, 5.74) is 0.569. The Balaban J connectivity index is 3.04. The number of aliphatic hydroxyl groups excluding tert-OH is 1. The van der Waals surface area contributed by atoms with Gasteiger partial charge in [-0.3, -0.25) is 0 Å². The minimum absolute atomic E-state index is 0.108. The predicted molar refractivity (Wildman–Crippen MR) is 46.5 cm³/mol. The van der Waals surface area contributed by atoms with E-state index in [-0.39, 0.29) is 12.4 Å². The molecule has 0 bridgehead atoms. The molecule has 0 spiro atoms.